The Hall–Kier alpha value is -4.23. The van der Waals surface area contributed by atoms with Crippen LogP contribution in [0.2, 0.25) is 0 Å². The highest BCUT2D eigenvalue weighted by atomic mass is 16.5. The van der Waals surface area contributed by atoms with Crippen LogP contribution in [0, 0.1) is 6.07 Å². The lowest BCUT2D eigenvalue weighted by Gasteiger charge is -2.05. The van der Waals surface area contributed by atoms with E-state index in [0.29, 0.717) is 39.2 Å². The zero-order valence-electron chi connectivity index (χ0n) is 15.6. The van der Waals surface area contributed by atoms with Crippen LogP contribution in [0.15, 0.2) is 72.9 Å². The number of carbonyl (C=O) groups is 3. The first-order valence-electron chi connectivity index (χ1n) is 9.04. The van der Waals surface area contributed by atoms with Crippen molar-refractivity contribution in [3.05, 3.63) is 101 Å². The van der Waals surface area contributed by atoms with E-state index in [1.54, 1.807) is 66.3 Å². The molecule has 3 aromatic rings. The molecule has 7 heteroatoms. The second-order valence-corrected chi connectivity index (χ2v) is 6.56. The lowest BCUT2D eigenvalue weighted by atomic mass is 10.00. The Morgan fingerprint density at radius 2 is 1.77 bits per heavy atom. The minimum Gasteiger partial charge on any atom is -0.361 e. The quantitative estimate of drug-likeness (QED) is 0.228. The molecule has 0 aliphatic carbocycles. The fourth-order valence-electron chi connectivity index (χ4n) is 3.12. The predicted octanol–water partition coefficient (Wildman–Crippen LogP) is 3.24. The molecule has 0 spiro atoms. The first kappa shape index (κ1) is 19.1. The molecule has 147 valence electrons. The van der Waals surface area contributed by atoms with Gasteiger partial charge in [-0.3, -0.25) is 19.6 Å². The fourth-order valence-corrected chi connectivity index (χ4v) is 3.12. The summed E-state index contributed by atoms with van der Waals surface area (Å²) in [6.07, 6.45) is 1.57. The van der Waals surface area contributed by atoms with Crippen molar-refractivity contribution in [3.8, 4) is 0 Å². The lowest BCUT2D eigenvalue weighted by molar-refractivity contribution is -0.110. The number of nitrogens with one attached hydrogen (secondary N) is 3. The summed E-state index contributed by atoms with van der Waals surface area (Å²) >= 11 is 0. The van der Waals surface area contributed by atoms with Gasteiger partial charge in [0.1, 0.15) is 0 Å². The van der Waals surface area contributed by atoms with Gasteiger partial charge in [-0.1, -0.05) is 30.3 Å². The maximum atomic E-state index is 12.6. The molecule has 0 saturated heterocycles. The second kappa shape index (κ2) is 8.02. The molecule has 30 heavy (non-hydrogen) atoms. The van der Waals surface area contributed by atoms with Crippen LogP contribution in [0.1, 0.15) is 31.8 Å². The SMILES string of the molecule is O=C1Nc2cc(C(=O)c3c[c]ccc3)ccc2C1=CNc1ccc(C(=O)NO)cc1. The first-order valence-corrected chi connectivity index (χ1v) is 9.04. The molecule has 0 saturated carbocycles. The smallest absolute Gasteiger partial charge is 0.274 e. The number of carbonyl (C=O) groups excluding carboxylic acids is 3. The fraction of sp³-hybridized carbons (Fsp3) is 0. The number of amides is 2. The molecule has 1 radical (unpaired) electrons. The van der Waals surface area contributed by atoms with Gasteiger partial charge in [0.15, 0.2) is 5.78 Å². The van der Waals surface area contributed by atoms with E-state index in [2.05, 4.69) is 16.7 Å². The molecule has 0 fully saturated rings. The average Bonchev–Trinajstić information content (AvgIpc) is 3.11. The summed E-state index contributed by atoms with van der Waals surface area (Å²) in [4.78, 5) is 36.4. The highest BCUT2D eigenvalue weighted by Crippen LogP contribution is 2.33. The maximum Gasteiger partial charge on any atom is 0.274 e. The van der Waals surface area contributed by atoms with E-state index in [-0.39, 0.29) is 11.7 Å². The number of hydrogen-bond acceptors (Lipinski definition) is 5. The first-order chi connectivity index (χ1) is 14.6. The molecule has 7 nitrogen and oxygen atoms in total. The third-order valence-corrected chi connectivity index (χ3v) is 4.67. The molecule has 4 N–H and O–H groups in total. The maximum absolute atomic E-state index is 12.6. The van der Waals surface area contributed by atoms with Crippen molar-refractivity contribution in [1.82, 2.24) is 5.48 Å². The minimum atomic E-state index is -0.609. The molecule has 0 unspecified atom stereocenters. The Balaban J connectivity index is 1.55. The van der Waals surface area contributed by atoms with Crippen LogP contribution in [-0.2, 0) is 4.79 Å². The molecule has 0 atom stereocenters. The van der Waals surface area contributed by atoms with Crippen molar-refractivity contribution in [2.24, 2.45) is 0 Å². The van der Waals surface area contributed by atoms with Crippen LogP contribution in [0.3, 0.4) is 0 Å². The van der Waals surface area contributed by atoms with Gasteiger partial charge >= 0.3 is 0 Å². The largest absolute Gasteiger partial charge is 0.361 e. The Morgan fingerprint density at radius 3 is 2.47 bits per heavy atom. The zero-order chi connectivity index (χ0) is 21.1. The summed E-state index contributed by atoms with van der Waals surface area (Å²) in [5.41, 5.74) is 5.19. The number of hydroxylamine groups is 1. The Morgan fingerprint density at radius 1 is 1.00 bits per heavy atom. The molecule has 1 heterocycles. The van der Waals surface area contributed by atoms with Crippen LogP contribution in [0.5, 0.6) is 0 Å². The molecule has 0 aromatic heterocycles. The van der Waals surface area contributed by atoms with Crippen LogP contribution in [0.4, 0.5) is 11.4 Å². The van der Waals surface area contributed by atoms with Crippen LogP contribution < -0.4 is 16.1 Å². The number of rotatable bonds is 5. The Labute approximate surface area is 172 Å². The Kier molecular flexibility index (Phi) is 5.11. The van der Waals surface area contributed by atoms with E-state index in [1.165, 1.54) is 12.1 Å². The lowest BCUT2D eigenvalue weighted by Crippen LogP contribution is -2.18. The van der Waals surface area contributed by atoms with E-state index in [4.69, 9.17) is 5.21 Å². The monoisotopic (exact) mass is 398 g/mol. The molecule has 3 aromatic carbocycles. The molecule has 1 aliphatic rings. The minimum absolute atomic E-state index is 0.147. The Bertz CT molecular complexity index is 1170. The van der Waals surface area contributed by atoms with E-state index >= 15 is 0 Å². The number of hydrogen-bond donors (Lipinski definition) is 4. The standard InChI is InChI=1S/C23H16N3O4/c27-21(14-4-2-1-3-5-14)16-8-11-18-19(23(29)25-20(18)12-16)13-24-17-9-6-15(7-10-17)22(28)26-30/h1-2,4-13,24,30H,(H,25,29)(H,26,28). The summed E-state index contributed by atoms with van der Waals surface area (Å²) < 4.78 is 0. The van der Waals surface area contributed by atoms with Crippen LogP contribution >= 0.6 is 0 Å². The molecular weight excluding hydrogens is 382 g/mol. The number of anilines is 2. The zero-order valence-corrected chi connectivity index (χ0v) is 15.6. The van der Waals surface area contributed by atoms with E-state index < -0.39 is 5.91 Å². The van der Waals surface area contributed by atoms with E-state index in [1.807, 2.05) is 0 Å². The van der Waals surface area contributed by atoms with Gasteiger partial charge in [0.25, 0.3) is 11.8 Å². The van der Waals surface area contributed by atoms with Gasteiger partial charge in [-0.05, 0) is 42.5 Å². The predicted molar refractivity (Wildman–Crippen MR) is 111 cm³/mol. The highest BCUT2D eigenvalue weighted by Gasteiger charge is 2.25. The molecule has 2 amide bonds. The van der Waals surface area contributed by atoms with Gasteiger partial charge in [0, 0.05) is 39.8 Å². The summed E-state index contributed by atoms with van der Waals surface area (Å²) in [5, 5.41) is 14.4. The summed E-state index contributed by atoms with van der Waals surface area (Å²) in [7, 11) is 0. The molecule has 4 rings (SSSR count). The van der Waals surface area contributed by atoms with Crippen molar-refractivity contribution < 1.29 is 19.6 Å². The van der Waals surface area contributed by atoms with E-state index in [9.17, 15) is 14.4 Å². The summed E-state index contributed by atoms with van der Waals surface area (Å²) in [5.74, 6) is -1.04. The van der Waals surface area contributed by atoms with Crippen molar-refractivity contribution in [2.75, 3.05) is 10.6 Å². The molecule has 0 bridgehead atoms. The van der Waals surface area contributed by atoms with Gasteiger partial charge in [0.05, 0.1) is 5.57 Å². The number of fused-ring (bicyclic) bond motifs is 1. The number of benzene rings is 3. The van der Waals surface area contributed by atoms with E-state index in [0.717, 1.165) is 0 Å². The number of ketones is 1. The van der Waals surface area contributed by atoms with Crippen molar-refractivity contribution in [2.45, 2.75) is 0 Å². The van der Waals surface area contributed by atoms with Crippen molar-refractivity contribution in [1.29, 1.82) is 0 Å². The van der Waals surface area contributed by atoms with Gasteiger partial charge < -0.3 is 10.6 Å². The third-order valence-electron chi connectivity index (χ3n) is 4.67. The van der Waals surface area contributed by atoms with Crippen LogP contribution in [-0.4, -0.2) is 22.8 Å². The van der Waals surface area contributed by atoms with Crippen molar-refractivity contribution >= 4 is 34.5 Å². The molecule has 1 aliphatic heterocycles. The normalized spacial score (nSPS) is 13.5. The second-order valence-electron chi connectivity index (χ2n) is 6.56. The third kappa shape index (κ3) is 3.69. The van der Waals surface area contributed by atoms with Crippen LogP contribution in [0.25, 0.3) is 5.57 Å². The summed E-state index contributed by atoms with van der Waals surface area (Å²) in [6, 6.07) is 21.1. The summed E-state index contributed by atoms with van der Waals surface area (Å²) in [6.45, 7) is 0. The van der Waals surface area contributed by atoms with Gasteiger partial charge in [-0.25, -0.2) is 5.48 Å². The van der Waals surface area contributed by atoms with Gasteiger partial charge in [-0.15, -0.1) is 0 Å². The van der Waals surface area contributed by atoms with Gasteiger partial charge in [-0.2, -0.15) is 0 Å². The van der Waals surface area contributed by atoms with Gasteiger partial charge in [0.2, 0.25) is 0 Å². The topological polar surface area (TPSA) is 108 Å². The average molecular weight is 398 g/mol. The van der Waals surface area contributed by atoms with Crippen molar-refractivity contribution in [3.63, 3.8) is 0 Å². The molecular formula is C23H16N3O4. The highest BCUT2D eigenvalue weighted by molar-refractivity contribution is 6.32.